The Kier molecular flexibility index (Phi) is 6.91. The van der Waals surface area contributed by atoms with Crippen LogP contribution in [0, 0.1) is 0 Å². The van der Waals surface area contributed by atoms with E-state index in [0.717, 1.165) is 27.7 Å². The van der Waals surface area contributed by atoms with Gasteiger partial charge in [-0.2, -0.15) is 26.3 Å². The third kappa shape index (κ3) is 5.85. The summed E-state index contributed by atoms with van der Waals surface area (Å²) >= 11 is 0. The van der Waals surface area contributed by atoms with Crippen molar-refractivity contribution in [3.05, 3.63) is 65.9 Å². The lowest BCUT2D eigenvalue weighted by molar-refractivity contribution is -0.192. The third-order valence-corrected chi connectivity index (χ3v) is 6.04. The zero-order valence-corrected chi connectivity index (χ0v) is 17.9. The fraction of sp³-hybridized carbons (Fsp3) is 0.250. The van der Waals surface area contributed by atoms with Gasteiger partial charge in [0.1, 0.15) is 0 Å². The largest absolute Gasteiger partial charge is 0.490 e. The van der Waals surface area contributed by atoms with Gasteiger partial charge >= 0.3 is 18.3 Å². The van der Waals surface area contributed by atoms with E-state index in [4.69, 9.17) is 15.6 Å². The summed E-state index contributed by atoms with van der Waals surface area (Å²) in [6.45, 7) is 3.58. The van der Waals surface area contributed by atoms with Crippen LogP contribution in [0.1, 0.15) is 25.0 Å². The minimum absolute atomic E-state index is 0.360. The number of hydrogen-bond donors (Lipinski definition) is 2. The average Bonchev–Trinajstić information content (AvgIpc) is 3.11. The molecule has 6 nitrogen and oxygen atoms in total. The van der Waals surface area contributed by atoms with E-state index in [1.54, 1.807) is 38.1 Å². The molecule has 0 radical (unpaired) electrons. The first-order valence-corrected chi connectivity index (χ1v) is 10.4. The molecule has 1 aromatic heterocycles. The minimum Gasteiger partial charge on any atom is -0.475 e. The van der Waals surface area contributed by atoms with Crippen LogP contribution in [-0.2, 0) is 26.5 Å². The van der Waals surface area contributed by atoms with Gasteiger partial charge in [-0.1, -0.05) is 18.2 Å². The average molecular weight is 496 g/mol. The van der Waals surface area contributed by atoms with Crippen LogP contribution in [-0.4, -0.2) is 29.6 Å². The first-order valence-electron chi connectivity index (χ1n) is 8.99. The van der Waals surface area contributed by atoms with Crippen LogP contribution >= 0.6 is 0 Å². The lowest BCUT2D eigenvalue weighted by Crippen LogP contribution is -2.28. The number of rotatable bonds is 3. The summed E-state index contributed by atoms with van der Waals surface area (Å²) in [5.41, 5.74) is 5.52. The number of halogens is 6. The molecule has 0 aliphatic heterocycles. The maximum Gasteiger partial charge on any atom is 0.490 e. The maximum absolute atomic E-state index is 12.9. The van der Waals surface area contributed by atoms with Gasteiger partial charge in [-0.25, -0.2) is 17.2 Å². The van der Waals surface area contributed by atoms with Crippen molar-refractivity contribution < 1.29 is 44.7 Å². The van der Waals surface area contributed by atoms with Gasteiger partial charge in [0.15, 0.2) is 0 Å². The molecule has 0 spiro atoms. The Morgan fingerprint density at radius 1 is 0.970 bits per heavy atom. The number of nitrogens with two attached hydrogens (primary N) is 1. The molecule has 0 aliphatic rings. The molecule has 0 aliphatic carbocycles. The predicted octanol–water partition coefficient (Wildman–Crippen LogP) is 4.72. The van der Waals surface area contributed by atoms with E-state index in [1.807, 2.05) is 0 Å². The lowest BCUT2D eigenvalue weighted by Gasteiger charge is -2.20. The quantitative estimate of drug-likeness (QED) is 0.511. The second kappa shape index (κ2) is 8.71. The number of fused-ring (bicyclic) bond motifs is 1. The highest BCUT2D eigenvalue weighted by Gasteiger charge is 2.38. The molecule has 180 valence electrons. The molecule has 0 saturated heterocycles. The van der Waals surface area contributed by atoms with Gasteiger partial charge in [-0.05, 0) is 49.7 Å². The fourth-order valence-electron chi connectivity index (χ4n) is 2.86. The van der Waals surface area contributed by atoms with E-state index in [1.165, 1.54) is 6.20 Å². The Labute approximate surface area is 184 Å². The predicted molar refractivity (Wildman–Crippen MR) is 107 cm³/mol. The monoisotopic (exact) mass is 496 g/mol. The van der Waals surface area contributed by atoms with Crippen LogP contribution in [0.4, 0.5) is 26.3 Å². The van der Waals surface area contributed by atoms with Gasteiger partial charge in [-0.15, -0.1) is 0 Å². The number of carboxylic acids is 1. The number of hydrogen-bond acceptors (Lipinski definition) is 4. The van der Waals surface area contributed by atoms with E-state index in [-0.39, 0.29) is 0 Å². The van der Waals surface area contributed by atoms with Gasteiger partial charge in [0.2, 0.25) is 0 Å². The van der Waals surface area contributed by atoms with E-state index >= 15 is 0 Å². The van der Waals surface area contributed by atoms with Gasteiger partial charge in [0.25, 0.3) is 10.0 Å². The first kappa shape index (κ1) is 26.2. The number of nitrogens with zero attached hydrogens (tertiary/aromatic N) is 1. The highest BCUT2D eigenvalue weighted by atomic mass is 32.2. The molecule has 13 heteroatoms. The molecular formula is C20H18F6N2O4S. The molecule has 3 aromatic rings. The van der Waals surface area contributed by atoms with Gasteiger partial charge in [0.05, 0.1) is 16.0 Å². The SMILES string of the molecule is CC(C)(N)c1cccc2c1ccn2S(=O)(=O)c1cccc(C(F)(F)F)c1.O=C(O)C(F)(F)F. The number of aromatic nitrogens is 1. The molecule has 1 heterocycles. The zero-order valence-electron chi connectivity index (χ0n) is 17.1. The van der Waals surface area contributed by atoms with Crippen LogP contribution in [0.15, 0.2) is 59.6 Å². The Balaban J connectivity index is 0.000000479. The van der Waals surface area contributed by atoms with Gasteiger partial charge < -0.3 is 10.8 Å². The first-order chi connectivity index (χ1) is 14.9. The van der Waals surface area contributed by atoms with Crippen molar-refractivity contribution in [2.75, 3.05) is 0 Å². The highest BCUT2D eigenvalue weighted by molar-refractivity contribution is 7.90. The smallest absolute Gasteiger partial charge is 0.475 e. The van der Waals surface area contributed by atoms with E-state index in [2.05, 4.69) is 0 Å². The summed E-state index contributed by atoms with van der Waals surface area (Å²) in [4.78, 5) is 8.47. The van der Waals surface area contributed by atoms with Crippen molar-refractivity contribution in [1.29, 1.82) is 0 Å². The molecule has 2 aromatic carbocycles. The minimum atomic E-state index is -5.08. The summed E-state index contributed by atoms with van der Waals surface area (Å²) in [7, 11) is -4.19. The number of carbonyl (C=O) groups is 1. The van der Waals surface area contributed by atoms with E-state index < -0.39 is 44.3 Å². The van der Waals surface area contributed by atoms with Gasteiger partial charge in [0, 0.05) is 17.1 Å². The molecule has 0 bridgehead atoms. The zero-order chi connectivity index (χ0) is 25.4. The molecule has 0 atom stereocenters. The Bertz CT molecular complexity index is 1270. The topological polar surface area (TPSA) is 102 Å². The second-order valence-electron chi connectivity index (χ2n) is 7.41. The van der Waals surface area contributed by atoms with Crippen molar-refractivity contribution in [3.63, 3.8) is 0 Å². The van der Waals surface area contributed by atoms with Crippen LogP contribution < -0.4 is 5.73 Å². The molecule has 0 amide bonds. The van der Waals surface area contributed by atoms with Crippen molar-refractivity contribution in [1.82, 2.24) is 3.97 Å². The van der Waals surface area contributed by atoms with Crippen molar-refractivity contribution in [2.45, 2.75) is 36.6 Å². The number of alkyl halides is 6. The molecule has 0 fully saturated rings. The molecule has 0 unspecified atom stereocenters. The molecular weight excluding hydrogens is 478 g/mol. The van der Waals surface area contributed by atoms with Crippen LogP contribution in [0.2, 0.25) is 0 Å². The molecule has 0 saturated carbocycles. The molecule has 3 rings (SSSR count). The Morgan fingerprint density at radius 3 is 2.00 bits per heavy atom. The van der Waals surface area contributed by atoms with Gasteiger partial charge in [-0.3, -0.25) is 0 Å². The normalized spacial score (nSPS) is 12.9. The molecule has 33 heavy (non-hydrogen) atoms. The Hall–Kier alpha value is -3.06. The number of carboxylic acid groups (broad SMARTS) is 1. The third-order valence-electron chi connectivity index (χ3n) is 4.35. The number of benzene rings is 2. The summed E-state index contributed by atoms with van der Waals surface area (Å²) in [5.74, 6) is -2.76. The fourth-order valence-corrected chi connectivity index (χ4v) is 4.25. The number of aliphatic carboxylic acids is 1. The summed E-state index contributed by atoms with van der Waals surface area (Å²) in [6, 6.07) is 10.4. The Morgan fingerprint density at radius 2 is 1.52 bits per heavy atom. The van der Waals surface area contributed by atoms with Crippen molar-refractivity contribution in [2.24, 2.45) is 5.73 Å². The summed E-state index contributed by atoms with van der Waals surface area (Å²) in [6.07, 6.45) is -8.38. The second-order valence-corrected chi connectivity index (χ2v) is 9.22. The van der Waals surface area contributed by atoms with E-state index in [9.17, 15) is 34.8 Å². The van der Waals surface area contributed by atoms with Crippen molar-refractivity contribution >= 4 is 26.9 Å². The van der Waals surface area contributed by atoms with Crippen LogP contribution in [0.5, 0.6) is 0 Å². The van der Waals surface area contributed by atoms with Crippen molar-refractivity contribution in [3.8, 4) is 0 Å². The summed E-state index contributed by atoms with van der Waals surface area (Å²) < 4.78 is 97.3. The lowest BCUT2D eigenvalue weighted by atomic mass is 9.93. The maximum atomic E-state index is 12.9. The van der Waals surface area contributed by atoms with E-state index in [0.29, 0.717) is 17.0 Å². The summed E-state index contributed by atoms with van der Waals surface area (Å²) in [5, 5.41) is 7.76. The molecule has 3 N–H and O–H groups in total. The standard InChI is InChI=1S/C18H17F3N2O2S.C2HF3O2/c1-17(2,22)15-7-4-8-16-14(15)9-10-23(16)26(24,25)13-6-3-5-12(11-13)18(19,20)21;3-2(4,5)1(6)7/h3-11H,22H2,1-2H3;(H,6,7). The highest BCUT2D eigenvalue weighted by Crippen LogP contribution is 2.33. The van der Waals surface area contributed by atoms with Crippen LogP contribution in [0.3, 0.4) is 0 Å². The van der Waals surface area contributed by atoms with Crippen LogP contribution in [0.25, 0.3) is 10.9 Å².